The van der Waals surface area contributed by atoms with Crippen LogP contribution >= 0.6 is 0 Å². The minimum atomic E-state index is -0.631. The predicted octanol–water partition coefficient (Wildman–Crippen LogP) is 2.77. The Kier molecular flexibility index (Phi) is 2.99. The fourth-order valence-corrected chi connectivity index (χ4v) is 1.68. The minimum absolute atomic E-state index is 0.121. The van der Waals surface area contributed by atoms with Gasteiger partial charge in [-0.1, -0.05) is 6.07 Å². The van der Waals surface area contributed by atoms with Gasteiger partial charge in [0.25, 0.3) is 0 Å². The van der Waals surface area contributed by atoms with Crippen LogP contribution in [0.25, 0.3) is 11.3 Å². The monoisotopic (exact) mass is 235 g/mol. The summed E-state index contributed by atoms with van der Waals surface area (Å²) in [5, 5.41) is 2.85. The molecule has 0 saturated carbocycles. The van der Waals surface area contributed by atoms with E-state index in [1.165, 1.54) is 24.5 Å². The number of rotatable bonds is 2. The van der Waals surface area contributed by atoms with E-state index in [1.54, 1.807) is 14.0 Å². The van der Waals surface area contributed by atoms with E-state index in [2.05, 4.69) is 15.3 Å². The highest BCUT2D eigenvalue weighted by Crippen LogP contribution is 2.28. The first kappa shape index (κ1) is 11.4. The van der Waals surface area contributed by atoms with Crippen molar-refractivity contribution >= 4 is 5.82 Å². The van der Waals surface area contributed by atoms with Gasteiger partial charge < -0.3 is 5.32 Å². The molecule has 0 amide bonds. The van der Waals surface area contributed by atoms with Gasteiger partial charge in [-0.25, -0.2) is 18.7 Å². The number of hydrogen-bond acceptors (Lipinski definition) is 3. The molecule has 5 heteroatoms. The number of benzene rings is 1. The van der Waals surface area contributed by atoms with Crippen LogP contribution in [0, 0.1) is 18.6 Å². The lowest BCUT2D eigenvalue weighted by Crippen LogP contribution is -2.01. The van der Waals surface area contributed by atoms with Crippen molar-refractivity contribution in [3.63, 3.8) is 0 Å². The van der Waals surface area contributed by atoms with Gasteiger partial charge >= 0.3 is 0 Å². The third-order valence-electron chi connectivity index (χ3n) is 2.52. The number of nitrogens with zero attached hydrogens (tertiary/aromatic N) is 2. The Morgan fingerprint density at radius 1 is 1.12 bits per heavy atom. The summed E-state index contributed by atoms with van der Waals surface area (Å²) in [5.41, 5.74) is 0.753. The molecule has 0 saturated heterocycles. The van der Waals surface area contributed by atoms with Gasteiger partial charge in [-0.3, -0.25) is 0 Å². The molecule has 0 aliphatic heterocycles. The first-order valence-electron chi connectivity index (χ1n) is 5.09. The summed E-state index contributed by atoms with van der Waals surface area (Å²) in [7, 11) is 1.69. The van der Waals surface area contributed by atoms with Crippen molar-refractivity contribution in [2.45, 2.75) is 6.92 Å². The molecule has 0 radical (unpaired) electrons. The maximum absolute atomic E-state index is 13.6. The van der Waals surface area contributed by atoms with Crippen LogP contribution in [0.1, 0.15) is 5.56 Å². The van der Waals surface area contributed by atoms with Gasteiger partial charge in [-0.15, -0.1) is 0 Å². The molecule has 0 spiro atoms. The van der Waals surface area contributed by atoms with Gasteiger partial charge in [0.05, 0.1) is 11.3 Å². The standard InChI is InChI=1S/C12H11F2N3/c1-7-11(16-6-17-12(7)15-2)10-8(13)4-3-5-9(10)14/h3-6H,1-2H3,(H,15,16,17). The molecule has 0 aliphatic rings. The van der Waals surface area contributed by atoms with Crippen molar-refractivity contribution in [1.82, 2.24) is 9.97 Å². The Balaban J connectivity index is 2.69. The van der Waals surface area contributed by atoms with Gasteiger partial charge in [-0.2, -0.15) is 0 Å². The summed E-state index contributed by atoms with van der Waals surface area (Å²) in [6, 6.07) is 3.74. The molecule has 1 N–H and O–H groups in total. The second-order valence-electron chi connectivity index (χ2n) is 3.54. The zero-order chi connectivity index (χ0) is 12.4. The van der Waals surface area contributed by atoms with Gasteiger partial charge in [0.15, 0.2) is 0 Å². The molecule has 0 aliphatic carbocycles. The van der Waals surface area contributed by atoms with Crippen LogP contribution in [-0.4, -0.2) is 17.0 Å². The van der Waals surface area contributed by atoms with E-state index < -0.39 is 11.6 Å². The Morgan fingerprint density at radius 2 is 1.76 bits per heavy atom. The maximum Gasteiger partial charge on any atom is 0.135 e. The Labute approximate surface area is 97.5 Å². The van der Waals surface area contributed by atoms with Gasteiger partial charge in [0, 0.05) is 12.6 Å². The Morgan fingerprint density at radius 3 is 2.35 bits per heavy atom. The molecule has 3 nitrogen and oxygen atoms in total. The normalized spacial score (nSPS) is 10.4. The lowest BCUT2D eigenvalue weighted by atomic mass is 10.1. The van der Waals surface area contributed by atoms with Crippen LogP contribution in [0.3, 0.4) is 0 Å². The van der Waals surface area contributed by atoms with E-state index in [9.17, 15) is 8.78 Å². The first-order chi connectivity index (χ1) is 8.15. The van der Waals surface area contributed by atoms with E-state index in [-0.39, 0.29) is 11.3 Å². The van der Waals surface area contributed by atoms with Crippen LogP contribution in [0.4, 0.5) is 14.6 Å². The molecule has 1 heterocycles. The third kappa shape index (κ3) is 1.95. The smallest absolute Gasteiger partial charge is 0.135 e. The summed E-state index contributed by atoms with van der Waals surface area (Å²) >= 11 is 0. The molecule has 1 aromatic carbocycles. The number of aromatic nitrogens is 2. The lowest BCUT2D eigenvalue weighted by Gasteiger charge is -2.10. The summed E-state index contributed by atoms with van der Waals surface area (Å²) in [4.78, 5) is 7.92. The van der Waals surface area contributed by atoms with Crippen molar-refractivity contribution in [2.24, 2.45) is 0 Å². The molecule has 88 valence electrons. The van der Waals surface area contributed by atoms with E-state index in [4.69, 9.17) is 0 Å². The average molecular weight is 235 g/mol. The molecule has 0 fully saturated rings. The molecule has 0 atom stereocenters. The van der Waals surface area contributed by atoms with Crippen LogP contribution in [-0.2, 0) is 0 Å². The maximum atomic E-state index is 13.6. The van der Waals surface area contributed by atoms with Crippen molar-refractivity contribution in [3.05, 3.63) is 41.7 Å². The zero-order valence-corrected chi connectivity index (χ0v) is 9.46. The average Bonchev–Trinajstić information content (AvgIpc) is 2.31. The van der Waals surface area contributed by atoms with Gasteiger partial charge in [0.1, 0.15) is 23.8 Å². The minimum Gasteiger partial charge on any atom is -0.373 e. The Hall–Kier alpha value is -2.04. The molecular weight excluding hydrogens is 224 g/mol. The third-order valence-corrected chi connectivity index (χ3v) is 2.52. The van der Waals surface area contributed by atoms with Crippen molar-refractivity contribution in [3.8, 4) is 11.3 Å². The fourth-order valence-electron chi connectivity index (χ4n) is 1.68. The molecule has 0 bridgehead atoms. The van der Waals surface area contributed by atoms with Crippen molar-refractivity contribution in [2.75, 3.05) is 12.4 Å². The molecule has 0 unspecified atom stereocenters. The number of nitrogens with one attached hydrogen (secondary N) is 1. The second-order valence-corrected chi connectivity index (χ2v) is 3.54. The zero-order valence-electron chi connectivity index (χ0n) is 9.46. The van der Waals surface area contributed by atoms with Crippen molar-refractivity contribution < 1.29 is 8.78 Å². The molecule has 2 aromatic rings. The van der Waals surface area contributed by atoms with Crippen LogP contribution < -0.4 is 5.32 Å². The molecular formula is C12H11F2N3. The van der Waals surface area contributed by atoms with E-state index in [0.29, 0.717) is 11.4 Å². The molecule has 2 rings (SSSR count). The largest absolute Gasteiger partial charge is 0.373 e. The van der Waals surface area contributed by atoms with E-state index in [0.717, 1.165) is 0 Å². The second kappa shape index (κ2) is 4.45. The molecule has 17 heavy (non-hydrogen) atoms. The van der Waals surface area contributed by atoms with Crippen LogP contribution in [0.15, 0.2) is 24.5 Å². The quantitative estimate of drug-likeness (QED) is 0.869. The number of anilines is 1. The number of hydrogen-bond donors (Lipinski definition) is 1. The van der Waals surface area contributed by atoms with Gasteiger partial charge in [0.2, 0.25) is 0 Å². The highest BCUT2D eigenvalue weighted by Gasteiger charge is 2.16. The number of halogens is 2. The highest BCUT2D eigenvalue weighted by atomic mass is 19.1. The highest BCUT2D eigenvalue weighted by molar-refractivity contribution is 5.68. The summed E-state index contributed by atoms with van der Waals surface area (Å²) < 4.78 is 27.3. The Bertz CT molecular complexity index is 535. The van der Waals surface area contributed by atoms with E-state index in [1.807, 2.05) is 0 Å². The van der Waals surface area contributed by atoms with E-state index >= 15 is 0 Å². The first-order valence-corrected chi connectivity index (χ1v) is 5.09. The van der Waals surface area contributed by atoms with Crippen LogP contribution in [0.2, 0.25) is 0 Å². The lowest BCUT2D eigenvalue weighted by molar-refractivity contribution is 0.588. The SMILES string of the molecule is CNc1ncnc(-c2c(F)cccc2F)c1C. The summed E-state index contributed by atoms with van der Waals surface area (Å²) in [6.45, 7) is 1.72. The van der Waals surface area contributed by atoms with Crippen LogP contribution in [0.5, 0.6) is 0 Å². The fraction of sp³-hybridized carbons (Fsp3) is 0.167. The topological polar surface area (TPSA) is 37.8 Å². The summed E-state index contributed by atoms with van der Waals surface area (Å²) in [5.74, 6) is -0.708. The summed E-state index contributed by atoms with van der Waals surface area (Å²) in [6.07, 6.45) is 1.28. The van der Waals surface area contributed by atoms with Gasteiger partial charge in [-0.05, 0) is 19.1 Å². The van der Waals surface area contributed by atoms with Crippen molar-refractivity contribution in [1.29, 1.82) is 0 Å². The predicted molar refractivity (Wildman–Crippen MR) is 61.7 cm³/mol. The molecule has 1 aromatic heterocycles.